The minimum Gasteiger partial charge on any atom is -0.619 e. The fraction of sp³-hybridized carbons (Fsp3) is 0.393. The second-order valence-corrected chi connectivity index (χ2v) is 9.29. The molecule has 0 radical (unpaired) electrons. The highest BCUT2D eigenvalue weighted by molar-refractivity contribution is 5.99. The molecular weight excluding hydrogens is 458 g/mol. The van der Waals surface area contributed by atoms with Crippen LogP contribution in [0.2, 0.25) is 0 Å². The number of nitrogens with zero attached hydrogens (tertiary/aromatic N) is 2. The average Bonchev–Trinajstić information content (AvgIpc) is 2.88. The van der Waals surface area contributed by atoms with Crippen LogP contribution in [0.3, 0.4) is 0 Å². The highest BCUT2D eigenvalue weighted by atomic mass is 16.5. The molecule has 190 valence electrons. The zero-order valence-electron chi connectivity index (χ0n) is 21.0. The molecule has 0 spiro atoms. The molecule has 36 heavy (non-hydrogen) atoms. The van der Waals surface area contributed by atoms with E-state index in [1.54, 1.807) is 26.0 Å². The van der Waals surface area contributed by atoms with Gasteiger partial charge in [-0.2, -0.15) is 4.73 Å². The number of rotatable bonds is 7. The number of hydrogen-bond donors (Lipinski definition) is 1. The summed E-state index contributed by atoms with van der Waals surface area (Å²) in [5.41, 5.74) is 3.11. The molecule has 1 aromatic heterocycles. The minimum atomic E-state index is -0.806. The third kappa shape index (κ3) is 5.60. The van der Waals surface area contributed by atoms with Crippen molar-refractivity contribution in [3.05, 3.63) is 93.7 Å². The summed E-state index contributed by atoms with van der Waals surface area (Å²) in [6, 6.07) is 13.0. The molecule has 0 bridgehead atoms. The second kappa shape index (κ2) is 11.4. The van der Waals surface area contributed by atoms with Crippen LogP contribution in [0.5, 0.6) is 0 Å². The first kappa shape index (κ1) is 25.4. The first-order valence-corrected chi connectivity index (χ1v) is 12.3. The average molecular weight is 492 g/mol. The van der Waals surface area contributed by atoms with Crippen molar-refractivity contribution < 1.29 is 23.8 Å². The summed E-state index contributed by atoms with van der Waals surface area (Å²) in [5.74, 6) is -1.91. The van der Waals surface area contributed by atoms with Gasteiger partial charge in [-0.25, -0.2) is 9.59 Å². The van der Waals surface area contributed by atoms with Crippen LogP contribution in [0.25, 0.3) is 0 Å². The van der Waals surface area contributed by atoms with E-state index in [1.165, 1.54) is 25.9 Å². The van der Waals surface area contributed by atoms with Gasteiger partial charge >= 0.3 is 11.9 Å². The highest BCUT2D eigenvalue weighted by Gasteiger charge is 2.39. The first-order valence-electron chi connectivity index (χ1n) is 12.3. The van der Waals surface area contributed by atoms with Gasteiger partial charge in [0.25, 0.3) is 0 Å². The molecule has 2 aromatic rings. The molecule has 0 saturated carbocycles. The lowest BCUT2D eigenvalue weighted by Crippen LogP contribution is -2.37. The van der Waals surface area contributed by atoms with E-state index in [-0.39, 0.29) is 11.1 Å². The number of pyridine rings is 1. The molecule has 2 unspecified atom stereocenters. The SMILES string of the molecule is COC(=O)C1=C(C)NC(C)=C(C(=O)OC(CN2CCCCC2)c2ccccc2)C1c1ccc[n+]([O-])c1. The topological polar surface area (TPSA) is 94.8 Å². The molecule has 0 aliphatic carbocycles. The lowest BCUT2D eigenvalue weighted by Gasteiger charge is -2.33. The van der Waals surface area contributed by atoms with Crippen molar-refractivity contribution in [2.75, 3.05) is 26.7 Å². The Morgan fingerprint density at radius 2 is 1.69 bits per heavy atom. The van der Waals surface area contributed by atoms with Crippen molar-refractivity contribution in [1.29, 1.82) is 0 Å². The summed E-state index contributed by atoms with van der Waals surface area (Å²) in [7, 11) is 1.30. The Bertz CT molecular complexity index is 1170. The van der Waals surface area contributed by atoms with Gasteiger partial charge in [0.1, 0.15) is 6.10 Å². The number of nitrogens with one attached hydrogen (secondary N) is 1. The van der Waals surface area contributed by atoms with Crippen LogP contribution in [0.4, 0.5) is 0 Å². The Balaban J connectivity index is 1.71. The summed E-state index contributed by atoms with van der Waals surface area (Å²) in [4.78, 5) is 29.0. The van der Waals surface area contributed by atoms with Crippen LogP contribution in [0.15, 0.2) is 77.4 Å². The van der Waals surface area contributed by atoms with Crippen LogP contribution in [-0.4, -0.2) is 43.6 Å². The van der Waals surface area contributed by atoms with E-state index in [1.807, 2.05) is 30.3 Å². The second-order valence-electron chi connectivity index (χ2n) is 9.29. The largest absolute Gasteiger partial charge is 0.619 e. The molecule has 1 saturated heterocycles. The fourth-order valence-corrected chi connectivity index (χ4v) is 5.07. The number of ether oxygens (including phenoxy) is 2. The van der Waals surface area contributed by atoms with Crippen LogP contribution < -0.4 is 10.0 Å². The van der Waals surface area contributed by atoms with Crippen molar-refractivity contribution in [3.63, 3.8) is 0 Å². The zero-order chi connectivity index (χ0) is 25.7. The molecule has 2 aliphatic rings. The summed E-state index contributed by atoms with van der Waals surface area (Å²) in [6.45, 7) is 6.05. The Morgan fingerprint density at radius 1 is 1.03 bits per heavy atom. The third-order valence-corrected chi connectivity index (χ3v) is 6.81. The smallest absolute Gasteiger partial charge is 0.337 e. The van der Waals surface area contributed by atoms with Gasteiger partial charge in [0, 0.05) is 29.6 Å². The van der Waals surface area contributed by atoms with E-state index in [2.05, 4.69) is 10.2 Å². The maximum Gasteiger partial charge on any atom is 0.337 e. The van der Waals surface area contributed by atoms with Gasteiger partial charge in [-0.05, 0) is 51.4 Å². The van der Waals surface area contributed by atoms with E-state index in [0.29, 0.717) is 28.2 Å². The molecule has 8 heteroatoms. The predicted molar refractivity (Wildman–Crippen MR) is 134 cm³/mol. The van der Waals surface area contributed by atoms with E-state index < -0.39 is 24.0 Å². The van der Waals surface area contributed by atoms with Gasteiger partial charge in [0.2, 0.25) is 0 Å². The number of carbonyl (C=O) groups is 2. The van der Waals surface area contributed by atoms with E-state index in [9.17, 15) is 14.8 Å². The molecule has 1 N–H and O–H groups in total. The van der Waals surface area contributed by atoms with Crippen molar-refractivity contribution >= 4 is 11.9 Å². The standard InChI is InChI=1S/C28H33N3O5/c1-19-24(27(32)35-3)26(22-13-10-16-31(34)17-22)25(20(2)29-19)28(33)36-23(21-11-6-4-7-12-21)18-30-14-8-5-9-15-30/h4,6-7,10-13,16-17,23,26,29H,5,8-9,14-15,18H2,1-3H3. The molecule has 2 aliphatic heterocycles. The summed E-state index contributed by atoms with van der Waals surface area (Å²) in [5, 5.41) is 15.3. The number of likely N-dealkylation sites (tertiary alicyclic amines) is 1. The van der Waals surface area contributed by atoms with Crippen LogP contribution in [0.1, 0.15) is 56.3 Å². The maximum absolute atomic E-state index is 13.9. The lowest BCUT2D eigenvalue weighted by molar-refractivity contribution is -0.605. The van der Waals surface area contributed by atoms with Crippen molar-refractivity contribution in [2.24, 2.45) is 0 Å². The quantitative estimate of drug-likeness (QED) is 0.360. The van der Waals surface area contributed by atoms with Gasteiger partial charge in [0.05, 0.1) is 24.2 Å². The van der Waals surface area contributed by atoms with E-state index in [0.717, 1.165) is 31.5 Å². The summed E-state index contributed by atoms with van der Waals surface area (Å²) >= 11 is 0. The van der Waals surface area contributed by atoms with Gasteiger partial charge < -0.3 is 20.0 Å². The number of hydrogen-bond acceptors (Lipinski definition) is 7. The fourth-order valence-electron chi connectivity index (χ4n) is 5.07. The molecule has 2 atom stereocenters. The monoisotopic (exact) mass is 491 g/mol. The van der Waals surface area contributed by atoms with E-state index in [4.69, 9.17) is 9.47 Å². The number of carbonyl (C=O) groups excluding carboxylic acids is 2. The van der Waals surface area contributed by atoms with Crippen molar-refractivity contribution in [2.45, 2.75) is 45.1 Å². The zero-order valence-corrected chi connectivity index (χ0v) is 21.0. The Kier molecular flexibility index (Phi) is 8.05. The highest BCUT2D eigenvalue weighted by Crippen LogP contribution is 2.39. The van der Waals surface area contributed by atoms with Crippen molar-refractivity contribution in [1.82, 2.24) is 10.2 Å². The van der Waals surface area contributed by atoms with Gasteiger partial charge in [-0.1, -0.05) is 36.8 Å². The van der Waals surface area contributed by atoms with Crippen LogP contribution in [0, 0.1) is 5.21 Å². The lowest BCUT2D eigenvalue weighted by atomic mass is 9.81. The third-order valence-electron chi connectivity index (χ3n) is 6.81. The van der Waals surface area contributed by atoms with Gasteiger partial charge in [-0.15, -0.1) is 0 Å². The van der Waals surface area contributed by atoms with Gasteiger partial charge in [-0.3, -0.25) is 4.90 Å². The van der Waals surface area contributed by atoms with Crippen LogP contribution in [-0.2, 0) is 19.1 Å². The molecule has 4 rings (SSSR count). The predicted octanol–water partition coefficient (Wildman–Crippen LogP) is 3.50. The molecule has 0 amide bonds. The number of piperidine rings is 1. The number of benzene rings is 1. The van der Waals surface area contributed by atoms with E-state index >= 15 is 0 Å². The molecule has 1 aromatic carbocycles. The number of methoxy groups -OCH3 is 1. The number of allylic oxidation sites excluding steroid dienone is 2. The Hall–Kier alpha value is -3.65. The Morgan fingerprint density at radius 3 is 2.33 bits per heavy atom. The number of dihydropyridines is 1. The normalized spacial score (nSPS) is 19.5. The van der Waals surface area contributed by atoms with Gasteiger partial charge in [0.15, 0.2) is 12.4 Å². The number of aromatic nitrogens is 1. The number of esters is 2. The molecule has 1 fully saturated rings. The molecular formula is C28H33N3O5. The summed E-state index contributed by atoms with van der Waals surface area (Å²) in [6.07, 6.45) is 5.71. The molecule has 3 heterocycles. The van der Waals surface area contributed by atoms with Crippen LogP contribution >= 0.6 is 0 Å². The maximum atomic E-state index is 13.9. The minimum absolute atomic E-state index is 0.272. The first-order chi connectivity index (χ1) is 17.4. The Labute approximate surface area is 211 Å². The molecule has 8 nitrogen and oxygen atoms in total. The summed E-state index contributed by atoms with van der Waals surface area (Å²) < 4.78 is 11.9. The van der Waals surface area contributed by atoms with Crippen molar-refractivity contribution in [3.8, 4) is 0 Å².